The van der Waals surface area contributed by atoms with Crippen LogP contribution in [0.5, 0.6) is 0 Å². The summed E-state index contributed by atoms with van der Waals surface area (Å²) in [4.78, 5) is 2.39. The van der Waals surface area contributed by atoms with Crippen molar-refractivity contribution in [3.05, 3.63) is 23.5 Å². The zero-order valence-corrected chi connectivity index (χ0v) is 12.1. The molecule has 2 rings (SSSR count). The first kappa shape index (κ1) is 14.6. The standard InChI is InChI=1S/C15H25NO3/c1-13(14-5-3-4-6-15(14)17-2)19-12-9-16-7-10-18-11-8-16/h3,5,13H,4,6-12H2,1-2H3. The third-order valence-corrected chi connectivity index (χ3v) is 3.72. The zero-order valence-electron chi connectivity index (χ0n) is 12.1. The number of ether oxygens (including phenoxy) is 3. The molecule has 0 aromatic rings. The third-order valence-electron chi connectivity index (χ3n) is 3.72. The van der Waals surface area contributed by atoms with Gasteiger partial charge in [0.2, 0.25) is 0 Å². The first-order valence-electron chi connectivity index (χ1n) is 7.16. The summed E-state index contributed by atoms with van der Waals surface area (Å²) in [5, 5.41) is 0. The molecule has 2 aliphatic rings. The van der Waals surface area contributed by atoms with Crippen LogP contribution in [0.1, 0.15) is 19.8 Å². The van der Waals surface area contributed by atoms with Crippen molar-refractivity contribution in [3.63, 3.8) is 0 Å². The fourth-order valence-electron chi connectivity index (χ4n) is 2.52. The van der Waals surface area contributed by atoms with Gasteiger partial charge in [0, 0.05) is 31.6 Å². The Morgan fingerprint density at radius 3 is 2.89 bits per heavy atom. The molecule has 1 saturated heterocycles. The van der Waals surface area contributed by atoms with Gasteiger partial charge < -0.3 is 14.2 Å². The van der Waals surface area contributed by atoms with E-state index >= 15 is 0 Å². The summed E-state index contributed by atoms with van der Waals surface area (Å²) < 4.78 is 16.7. The Hall–Kier alpha value is -0.840. The van der Waals surface area contributed by atoms with Gasteiger partial charge in [-0.05, 0) is 13.3 Å². The van der Waals surface area contributed by atoms with Crippen LogP contribution in [-0.4, -0.2) is 57.6 Å². The van der Waals surface area contributed by atoms with Gasteiger partial charge in [0.1, 0.15) is 5.76 Å². The summed E-state index contributed by atoms with van der Waals surface area (Å²) in [7, 11) is 1.74. The number of methoxy groups -OCH3 is 1. The quantitative estimate of drug-likeness (QED) is 0.736. The van der Waals surface area contributed by atoms with Gasteiger partial charge in [-0.3, -0.25) is 4.90 Å². The highest BCUT2D eigenvalue weighted by Crippen LogP contribution is 2.23. The number of hydrogen-bond donors (Lipinski definition) is 0. The van der Waals surface area contributed by atoms with E-state index in [4.69, 9.17) is 14.2 Å². The molecule has 0 aromatic carbocycles. The van der Waals surface area contributed by atoms with Crippen molar-refractivity contribution in [2.45, 2.75) is 25.9 Å². The molecule has 0 bridgehead atoms. The normalized spacial score (nSPS) is 22.6. The maximum absolute atomic E-state index is 5.94. The lowest BCUT2D eigenvalue weighted by molar-refractivity contribution is 0.0121. The fourth-order valence-corrected chi connectivity index (χ4v) is 2.52. The van der Waals surface area contributed by atoms with E-state index in [9.17, 15) is 0 Å². The molecule has 1 fully saturated rings. The van der Waals surface area contributed by atoms with Crippen LogP contribution in [0.25, 0.3) is 0 Å². The molecule has 1 aliphatic carbocycles. The van der Waals surface area contributed by atoms with Crippen LogP contribution in [0.3, 0.4) is 0 Å². The van der Waals surface area contributed by atoms with Gasteiger partial charge in [-0.15, -0.1) is 0 Å². The molecule has 1 aliphatic heterocycles. The van der Waals surface area contributed by atoms with E-state index in [0.29, 0.717) is 0 Å². The molecule has 1 heterocycles. The Kier molecular flexibility index (Phi) is 5.89. The maximum Gasteiger partial charge on any atom is 0.102 e. The minimum atomic E-state index is 0.104. The first-order chi connectivity index (χ1) is 9.31. The van der Waals surface area contributed by atoms with Crippen molar-refractivity contribution >= 4 is 0 Å². The van der Waals surface area contributed by atoms with E-state index in [1.54, 1.807) is 7.11 Å². The minimum Gasteiger partial charge on any atom is -0.501 e. The molecule has 0 N–H and O–H groups in total. The smallest absolute Gasteiger partial charge is 0.102 e. The van der Waals surface area contributed by atoms with E-state index in [0.717, 1.165) is 58.1 Å². The lowest BCUT2D eigenvalue weighted by atomic mass is 10.0. The van der Waals surface area contributed by atoms with Crippen molar-refractivity contribution < 1.29 is 14.2 Å². The summed E-state index contributed by atoms with van der Waals surface area (Å²) in [6.45, 7) is 7.56. The topological polar surface area (TPSA) is 30.9 Å². The second kappa shape index (κ2) is 7.68. The van der Waals surface area contributed by atoms with Gasteiger partial charge in [-0.1, -0.05) is 12.2 Å². The SMILES string of the molecule is COC1=C(C(C)OCCN2CCOCC2)C=CCC1. The molecule has 1 unspecified atom stereocenters. The summed E-state index contributed by atoms with van der Waals surface area (Å²) in [5.74, 6) is 1.07. The maximum atomic E-state index is 5.94. The van der Waals surface area contributed by atoms with Gasteiger partial charge in [0.05, 0.1) is 33.0 Å². The Bertz CT molecular complexity index is 332. The van der Waals surface area contributed by atoms with Crippen LogP contribution in [0.4, 0.5) is 0 Å². The summed E-state index contributed by atoms with van der Waals surface area (Å²) in [6, 6.07) is 0. The predicted molar refractivity (Wildman–Crippen MR) is 75.1 cm³/mol. The van der Waals surface area contributed by atoms with Gasteiger partial charge in [-0.2, -0.15) is 0 Å². The summed E-state index contributed by atoms with van der Waals surface area (Å²) in [6.07, 6.45) is 6.49. The van der Waals surface area contributed by atoms with Crippen LogP contribution < -0.4 is 0 Å². The van der Waals surface area contributed by atoms with Crippen LogP contribution >= 0.6 is 0 Å². The highest BCUT2D eigenvalue weighted by Gasteiger charge is 2.16. The van der Waals surface area contributed by atoms with Crippen molar-refractivity contribution in [3.8, 4) is 0 Å². The minimum absolute atomic E-state index is 0.104. The van der Waals surface area contributed by atoms with Gasteiger partial charge in [0.25, 0.3) is 0 Å². The molecule has 0 spiro atoms. The molecule has 4 heteroatoms. The zero-order chi connectivity index (χ0) is 13.5. The predicted octanol–water partition coefficient (Wildman–Crippen LogP) is 1.97. The van der Waals surface area contributed by atoms with Gasteiger partial charge >= 0.3 is 0 Å². The Morgan fingerprint density at radius 1 is 1.37 bits per heavy atom. The van der Waals surface area contributed by atoms with Crippen LogP contribution in [0, 0.1) is 0 Å². The number of rotatable bonds is 6. The number of nitrogens with zero attached hydrogens (tertiary/aromatic N) is 1. The highest BCUT2D eigenvalue weighted by atomic mass is 16.5. The number of hydrogen-bond acceptors (Lipinski definition) is 4. The molecular weight excluding hydrogens is 242 g/mol. The lowest BCUT2D eigenvalue weighted by Crippen LogP contribution is -2.38. The number of morpholine rings is 1. The molecule has 0 saturated carbocycles. The highest BCUT2D eigenvalue weighted by molar-refractivity contribution is 5.29. The Labute approximate surface area is 116 Å². The van der Waals surface area contributed by atoms with Gasteiger partial charge in [-0.25, -0.2) is 0 Å². The van der Waals surface area contributed by atoms with Gasteiger partial charge in [0.15, 0.2) is 0 Å². The van der Waals surface area contributed by atoms with Crippen LogP contribution in [0.2, 0.25) is 0 Å². The van der Waals surface area contributed by atoms with Crippen LogP contribution in [0.15, 0.2) is 23.5 Å². The molecule has 4 nitrogen and oxygen atoms in total. The summed E-state index contributed by atoms with van der Waals surface area (Å²) in [5.41, 5.74) is 1.19. The first-order valence-corrected chi connectivity index (χ1v) is 7.16. The summed E-state index contributed by atoms with van der Waals surface area (Å²) >= 11 is 0. The molecule has 0 radical (unpaired) electrons. The monoisotopic (exact) mass is 267 g/mol. The van der Waals surface area contributed by atoms with Crippen molar-refractivity contribution in [1.29, 1.82) is 0 Å². The fraction of sp³-hybridized carbons (Fsp3) is 0.733. The van der Waals surface area contributed by atoms with E-state index < -0.39 is 0 Å². The molecular formula is C15H25NO3. The van der Waals surface area contributed by atoms with Crippen molar-refractivity contribution in [2.75, 3.05) is 46.6 Å². The second-order valence-electron chi connectivity index (χ2n) is 4.99. The van der Waals surface area contributed by atoms with E-state index in [-0.39, 0.29) is 6.10 Å². The average molecular weight is 267 g/mol. The lowest BCUT2D eigenvalue weighted by Gasteiger charge is -2.27. The molecule has 0 aromatic heterocycles. The molecule has 0 amide bonds. The van der Waals surface area contributed by atoms with Crippen molar-refractivity contribution in [1.82, 2.24) is 4.90 Å². The van der Waals surface area contributed by atoms with E-state index in [2.05, 4.69) is 24.0 Å². The van der Waals surface area contributed by atoms with Crippen LogP contribution in [-0.2, 0) is 14.2 Å². The largest absolute Gasteiger partial charge is 0.501 e. The Balaban J connectivity index is 1.75. The third kappa shape index (κ3) is 4.34. The van der Waals surface area contributed by atoms with E-state index in [1.165, 1.54) is 5.57 Å². The molecule has 1 atom stereocenters. The number of allylic oxidation sites excluding steroid dienone is 2. The Morgan fingerprint density at radius 2 is 2.16 bits per heavy atom. The van der Waals surface area contributed by atoms with E-state index in [1.807, 2.05) is 0 Å². The second-order valence-corrected chi connectivity index (χ2v) is 4.99. The van der Waals surface area contributed by atoms with Crippen molar-refractivity contribution in [2.24, 2.45) is 0 Å². The molecule has 19 heavy (non-hydrogen) atoms. The molecule has 108 valence electrons. The average Bonchev–Trinajstić information content (AvgIpc) is 2.48.